The van der Waals surface area contributed by atoms with Crippen LogP contribution in [0.2, 0.25) is 0 Å². The van der Waals surface area contributed by atoms with Gasteiger partial charge < -0.3 is 15.5 Å². The van der Waals surface area contributed by atoms with Crippen LogP contribution in [0.25, 0.3) is 0 Å². The minimum Gasteiger partial charge on any atom is -0.370 e. The Morgan fingerprint density at radius 3 is 2.92 bits per heavy atom. The van der Waals surface area contributed by atoms with Gasteiger partial charge in [0.15, 0.2) is 0 Å². The van der Waals surface area contributed by atoms with Gasteiger partial charge in [-0.2, -0.15) is 5.10 Å². The van der Waals surface area contributed by atoms with E-state index in [9.17, 15) is 0 Å². The summed E-state index contributed by atoms with van der Waals surface area (Å²) in [5.41, 5.74) is 1.25. The molecule has 2 N–H and O–H groups in total. The largest absolute Gasteiger partial charge is 0.370 e. The summed E-state index contributed by atoms with van der Waals surface area (Å²) < 4.78 is 2.05. The molecule has 134 valence electrons. The molecule has 0 saturated carbocycles. The van der Waals surface area contributed by atoms with E-state index >= 15 is 0 Å². The SMILES string of the molecule is CC1CCN(c2ccc(CNC[C@H]3CNc4ccnn4C3)cn2)CC1. The van der Waals surface area contributed by atoms with Gasteiger partial charge in [-0.25, -0.2) is 9.67 Å². The van der Waals surface area contributed by atoms with Crippen molar-refractivity contribution in [2.45, 2.75) is 32.9 Å². The summed E-state index contributed by atoms with van der Waals surface area (Å²) >= 11 is 0. The smallest absolute Gasteiger partial charge is 0.128 e. The number of aromatic nitrogens is 3. The molecule has 25 heavy (non-hydrogen) atoms. The Hall–Kier alpha value is -2.08. The van der Waals surface area contributed by atoms with Crippen LogP contribution in [0.3, 0.4) is 0 Å². The summed E-state index contributed by atoms with van der Waals surface area (Å²) in [6.45, 7) is 8.45. The van der Waals surface area contributed by atoms with Gasteiger partial charge in [0.05, 0.1) is 6.20 Å². The molecule has 2 aliphatic heterocycles. The van der Waals surface area contributed by atoms with Gasteiger partial charge in [-0.15, -0.1) is 0 Å². The van der Waals surface area contributed by atoms with E-state index in [4.69, 9.17) is 0 Å². The van der Waals surface area contributed by atoms with Gasteiger partial charge in [-0.1, -0.05) is 13.0 Å². The minimum atomic E-state index is 0.565. The van der Waals surface area contributed by atoms with Crippen molar-refractivity contribution in [3.63, 3.8) is 0 Å². The van der Waals surface area contributed by atoms with Crippen LogP contribution < -0.4 is 15.5 Å². The number of piperidine rings is 1. The van der Waals surface area contributed by atoms with Crippen LogP contribution in [0.1, 0.15) is 25.3 Å². The van der Waals surface area contributed by atoms with Crippen molar-refractivity contribution in [3.05, 3.63) is 36.2 Å². The van der Waals surface area contributed by atoms with Crippen LogP contribution >= 0.6 is 0 Å². The number of hydrogen-bond acceptors (Lipinski definition) is 5. The molecule has 2 aliphatic rings. The summed E-state index contributed by atoms with van der Waals surface area (Å²) in [5, 5.41) is 11.3. The first-order valence-corrected chi connectivity index (χ1v) is 9.44. The maximum absolute atomic E-state index is 4.68. The van der Waals surface area contributed by atoms with E-state index in [0.29, 0.717) is 5.92 Å². The van der Waals surface area contributed by atoms with Crippen molar-refractivity contribution >= 4 is 11.6 Å². The summed E-state index contributed by atoms with van der Waals surface area (Å²) in [4.78, 5) is 7.08. The van der Waals surface area contributed by atoms with Gasteiger partial charge in [-0.05, 0) is 30.4 Å². The Kier molecular flexibility index (Phi) is 4.88. The molecule has 0 unspecified atom stereocenters. The number of pyridine rings is 1. The summed E-state index contributed by atoms with van der Waals surface area (Å²) in [6, 6.07) is 6.41. The van der Waals surface area contributed by atoms with Gasteiger partial charge >= 0.3 is 0 Å². The maximum Gasteiger partial charge on any atom is 0.128 e. The molecule has 6 heteroatoms. The van der Waals surface area contributed by atoms with Crippen molar-refractivity contribution < 1.29 is 0 Å². The molecular weight excluding hydrogens is 312 g/mol. The molecule has 2 aromatic rings. The second-order valence-electron chi connectivity index (χ2n) is 7.47. The van der Waals surface area contributed by atoms with Gasteiger partial charge in [0, 0.05) is 57.4 Å². The van der Waals surface area contributed by atoms with E-state index in [1.807, 2.05) is 23.1 Å². The molecule has 0 amide bonds. The maximum atomic E-state index is 4.68. The molecular formula is C19H28N6. The fourth-order valence-electron chi connectivity index (χ4n) is 3.69. The van der Waals surface area contributed by atoms with E-state index < -0.39 is 0 Å². The third-order valence-corrected chi connectivity index (χ3v) is 5.40. The van der Waals surface area contributed by atoms with Crippen LogP contribution in [0.15, 0.2) is 30.6 Å². The molecule has 0 aliphatic carbocycles. The highest BCUT2D eigenvalue weighted by atomic mass is 15.3. The highest BCUT2D eigenvalue weighted by Crippen LogP contribution is 2.21. The molecule has 0 spiro atoms. The number of nitrogens with one attached hydrogen (secondary N) is 2. The Bertz CT molecular complexity index is 671. The van der Waals surface area contributed by atoms with Gasteiger partial charge in [0.25, 0.3) is 0 Å². The third kappa shape index (κ3) is 3.95. The molecule has 1 fully saturated rings. The fourth-order valence-corrected chi connectivity index (χ4v) is 3.69. The third-order valence-electron chi connectivity index (χ3n) is 5.40. The lowest BCUT2D eigenvalue weighted by Crippen LogP contribution is -2.35. The Labute approximate surface area is 149 Å². The van der Waals surface area contributed by atoms with Crippen molar-refractivity contribution in [1.82, 2.24) is 20.1 Å². The zero-order valence-electron chi connectivity index (χ0n) is 15.0. The lowest BCUT2D eigenvalue weighted by atomic mass is 9.99. The Balaban J connectivity index is 1.23. The first kappa shape index (κ1) is 16.4. The van der Waals surface area contributed by atoms with Gasteiger partial charge in [0.1, 0.15) is 11.6 Å². The number of hydrogen-bond donors (Lipinski definition) is 2. The lowest BCUT2D eigenvalue weighted by molar-refractivity contribution is 0.391. The van der Waals surface area contributed by atoms with Crippen LogP contribution in [0.4, 0.5) is 11.6 Å². The van der Waals surface area contributed by atoms with Crippen molar-refractivity contribution in [2.75, 3.05) is 36.4 Å². The highest BCUT2D eigenvalue weighted by Gasteiger charge is 2.18. The molecule has 2 aromatic heterocycles. The molecule has 6 nitrogen and oxygen atoms in total. The van der Waals surface area contributed by atoms with Crippen molar-refractivity contribution in [3.8, 4) is 0 Å². The van der Waals surface area contributed by atoms with E-state index in [-0.39, 0.29) is 0 Å². The van der Waals surface area contributed by atoms with Crippen LogP contribution in [-0.2, 0) is 13.1 Å². The standard InChI is InChI=1S/C19H28N6/c1-15-5-8-24(9-6-15)18-3-2-16(12-21-18)10-20-11-17-13-22-19-4-7-23-25(19)14-17/h2-4,7,12,15,17,20,22H,5-6,8-11,13-14H2,1H3/t17-/m0/s1. The molecule has 1 saturated heterocycles. The van der Waals surface area contributed by atoms with E-state index in [0.717, 1.165) is 56.8 Å². The van der Waals surface area contributed by atoms with Crippen LogP contribution in [0, 0.1) is 11.8 Å². The molecule has 0 radical (unpaired) electrons. The lowest BCUT2D eigenvalue weighted by Gasteiger charge is -2.31. The average Bonchev–Trinajstić information content (AvgIpc) is 3.11. The number of fused-ring (bicyclic) bond motifs is 1. The highest BCUT2D eigenvalue weighted by molar-refractivity contribution is 5.39. The van der Waals surface area contributed by atoms with Crippen LogP contribution in [0.5, 0.6) is 0 Å². The summed E-state index contributed by atoms with van der Waals surface area (Å²) in [7, 11) is 0. The predicted octanol–water partition coefficient (Wildman–Crippen LogP) is 2.35. The molecule has 4 heterocycles. The molecule has 0 aromatic carbocycles. The predicted molar refractivity (Wildman–Crippen MR) is 101 cm³/mol. The van der Waals surface area contributed by atoms with Gasteiger partial charge in [0.2, 0.25) is 0 Å². The van der Waals surface area contributed by atoms with Crippen LogP contribution in [-0.4, -0.2) is 40.9 Å². The normalized spacial score (nSPS) is 21.0. The molecule has 1 atom stereocenters. The Morgan fingerprint density at radius 1 is 1.24 bits per heavy atom. The first-order valence-electron chi connectivity index (χ1n) is 9.44. The second-order valence-corrected chi connectivity index (χ2v) is 7.47. The molecule has 0 bridgehead atoms. The van der Waals surface area contributed by atoms with E-state index in [1.54, 1.807) is 0 Å². The number of anilines is 2. The van der Waals surface area contributed by atoms with Crippen molar-refractivity contribution in [1.29, 1.82) is 0 Å². The van der Waals surface area contributed by atoms with Crippen molar-refractivity contribution in [2.24, 2.45) is 11.8 Å². The quantitative estimate of drug-likeness (QED) is 0.875. The zero-order valence-corrected chi connectivity index (χ0v) is 15.0. The van der Waals surface area contributed by atoms with E-state index in [1.165, 1.54) is 18.4 Å². The average molecular weight is 340 g/mol. The second kappa shape index (κ2) is 7.44. The summed E-state index contributed by atoms with van der Waals surface area (Å²) in [5.74, 6) is 3.67. The first-order chi connectivity index (χ1) is 12.3. The Morgan fingerprint density at radius 2 is 2.12 bits per heavy atom. The summed E-state index contributed by atoms with van der Waals surface area (Å²) in [6.07, 6.45) is 6.43. The van der Waals surface area contributed by atoms with Gasteiger partial charge in [-0.3, -0.25) is 0 Å². The minimum absolute atomic E-state index is 0.565. The monoisotopic (exact) mass is 340 g/mol. The fraction of sp³-hybridized carbons (Fsp3) is 0.579. The molecule has 4 rings (SSSR count). The zero-order chi connectivity index (χ0) is 17.1. The topological polar surface area (TPSA) is 58.0 Å². The van der Waals surface area contributed by atoms with E-state index in [2.05, 4.69) is 44.7 Å². The number of nitrogens with zero attached hydrogens (tertiary/aromatic N) is 4. The number of rotatable bonds is 5.